The van der Waals surface area contributed by atoms with Gasteiger partial charge >= 0.3 is 0 Å². The molecule has 0 atom stereocenters. The van der Waals surface area contributed by atoms with Crippen molar-refractivity contribution in [1.82, 2.24) is 9.78 Å². The zero-order chi connectivity index (χ0) is 13.0. The summed E-state index contributed by atoms with van der Waals surface area (Å²) in [6.07, 6.45) is 3.22. The topological polar surface area (TPSA) is 93.2 Å². The maximum Gasteiger partial charge on any atom is 0.292 e. The lowest BCUT2D eigenvalue weighted by atomic mass is 10.2. The lowest BCUT2D eigenvalue weighted by Gasteiger charge is -2.03. The first kappa shape index (κ1) is 12.1. The Morgan fingerprint density at radius 3 is 2.94 bits per heavy atom. The second-order valence-corrected chi connectivity index (χ2v) is 3.61. The zero-order valence-electron chi connectivity index (χ0n) is 9.48. The fraction of sp³-hybridized carbons (Fsp3) is 0.182. The minimum atomic E-state index is -0.444. The molecule has 0 saturated heterocycles. The molecule has 1 heterocycles. The molecule has 1 aromatic carbocycles. The fourth-order valence-corrected chi connectivity index (χ4v) is 1.55. The van der Waals surface area contributed by atoms with Crippen molar-refractivity contribution in [2.75, 3.05) is 11.9 Å². The summed E-state index contributed by atoms with van der Waals surface area (Å²) in [5.74, 6) is 0. The molecule has 0 bridgehead atoms. The van der Waals surface area contributed by atoms with E-state index in [1.54, 1.807) is 35.3 Å². The van der Waals surface area contributed by atoms with Crippen LogP contribution in [0.4, 0.5) is 17.1 Å². The first-order valence-corrected chi connectivity index (χ1v) is 5.34. The Kier molecular flexibility index (Phi) is 3.54. The molecular weight excluding hydrogens is 236 g/mol. The minimum Gasteiger partial charge on any atom is -0.394 e. The molecule has 0 fully saturated rings. The molecular formula is C11H12N4O3. The predicted molar refractivity (Wildman–Crippen MR) is 65.7 cm³/mol. The Morgan fingerprint density at radius 1 is 1.44 bits per heavy atom. The number of rotatable bonds is 5. The van der Waals surface area contributed by atoms with Gasteiger partial charge in [-0.2, -0.15) is 5.10 Å². The highest BCUT2D eigenvalue weighted by Crippen LogP contribution is 2.26. The third kappa shape index (κ3) is 2.64. The molecule has 0 amide bonds. The highest BCUT2D eigenvalue weighted by atomic mass is 16.6. The van der Waals surface area contributed by atoms with Gasteiger partial charge in [0.15, 0.2) is 0 Å². The molecule has 0 aliphatic carbocycles. The van der Waals surface area contributed by atoms with Gasteiger partial charge in [0, 0.05) is 12.3 Å². The van der Waals surface area contributed by atoms with Crippen LogP contribution in [0.1, 0.15) is 0 Å². The van der Waals surface area contributed by atoms with Gasteiger partial charge in [0.05, 0.1) is 30.0 Å². The molecule has 0 aliphatic heterocycles. The summed E-state index contributed by atoms with van der Waals surface area (Å²) >= 11 is 0. The summed E-state index contributed by atoms with van der Waals surface area (Å²) in [7, 11) is 0. The summed E-state index contributed by atoms with van der Waals surface area (Å²) in [6, 6.07) is 6.38. The highest BCUT2D eigenvalue weighted by molar-refractivity contribution is 5.68. The van der Waals surface area contributed by atoms with Crippen molar-refractivity contribution in [3.63, 3.8) is 0 Å². The van der Waals surface area contributed by atoms with Gasteiger partial charge in [-0.25, -0.2) is 0 Å². The van der Waals surface area contributed by atoms with Crippen LogP contribution >= 0.6 is 0 Å². The molecule has 18 heavy (non-hydrogen) atoms. The standard InChI is InChI=1S/C11H12N4O3/c16-6-5-14-8-9(7-12-14)13-10-3-1-2-4-11(10)15(17)18/h1-4,7-8,13,16H,5-6H2. The first-order valence-electron chi connectivity index (χ1n) is 5.34. The van der Waals surface area contributed by atoms with Crippen LogP contribution in [0.2, 0.25) is 0 Å². The van der Waals surface area contributed by atoms with E-state index >= 15 is 0 Å². The number of aromatic nitrogens is 2. The Morgan fingerprint density at radius 2 is 2.22 bits per heavy atom. The molecule has 0 aliphatic rings. The average Bonchev–Trinajstić information content (AvgIpc) is 2.77. The van der Waals surface area contributed by atoms with E-state index in [1.165, 1.54) is 6.07 Å². The molecule has 2 N–H and O–H groups in total. The summed E-state index contributed by atoms with van der Waals surface area (Å²) in [5, 5.41) is 26.5. The van der Waals surface area contributed by atoms with E-state index in [0.717, 1.165) is 0 Å². The van der Waals surface area contributed by atoms with Crippen molar-refractivity contribution in [2.24, 2.45) is 0 Å². The average molecular weight is 248 g/mol. The normalized spacial score (nSPS) is 10.3. The van der Waals surface area contributed by atoms with E-state index < -0.39 is 4.92 Å². The van der Waals surface area contributed by atoms with Crippen LogP contribution in [-0.4, -0.2) is 26.4 Å². The second-order valence-electron chi connectivity index (χ2n) is 3.61. The van der Waals surface area contributed by atoms with Crippen molar-refractivity contribution in [3.05, 3.63) is 46.8 Å². The maximum atomic E-state index is 10.8. The fourth-order valence-electron chi connectivity index (χ4n) is 1.55. The first-order chi connectivity index (χ1) is 8.70. The Balaban J connectivity index is 2.20. The van der Waals surface area contributed by atoms with Crippen molar-refractivity contribution in [2.45, 2.75) is 6.54 Å². The van der Waals surface area contributed by atoms with Crippen LogP contribution in [0.15, 0.2) is 36.7 Å². The lowest BCUT2D eigenvalue weighted by Crippen LogP contribution is -2.01. The van der Waals surface area contributed by atoms with Crippen LogP contribution in [0.5, 0.6) is 0 Å². The van der Waals surface area contributed by atoms with E-state index in [9.17, 15) is 10.1 Å². The number of hydrogen-bond donors (Lipinski definition) is 2. The number of nitro groups is 1. The number of para-hydroxylation sites is 2. The zero-order valence-corrected chi connectivity index (χ0v) is 9.48. The van der Waals surface area contributed by atoms with Gasteiger partial charge in [0.25, 0.3) is 5.69 Å². The van der Waals surface area contributed by atoms with Gasteiger partial charge in [-0.1, -0.05) is 12.1 Å². The molecule has 0 saturated carbocycles. The molecule has 1 aromatic heterocycles. The van der Waals surface area contributed by atoms with Crippen LogP contribution in [0, 0.1) is 10.1 Å². The summed E-state index contributed by atoms with van der Waals surface area (Å²) in [4.78, 5) is 10.4. The number of benzene rings is 1. The van der Waals surface area contributed by atoms with Crippen LogP contribution in [0.25, 0.3) is 0 Å². The lowest BCUT2D eigenvalue weighted by molar-refractivity contribution is -0.383. The smallest absolute Gasteiger partial charge is 0.292 e. The summed E-state index contributed by atoms with van der Waals surface area (Å²) < 4.78 is 1.55. The van der Waals surface area contributed by atoms with Crippen LogP contribution in [-0.2, 0) is 6.54 Å². The van der Waals surface area contributed by atoms with Gasteiger partial charge in [0.2, 0.25) is 0 Å². The number of hydrogen-bond acceptors (Lipinski definition) is 5. The molecule has 2 aromatic rings. The molecule has 0 unspecified atom stereocenters. The number of anilines is 2. The summed E-state index contributed by atoms with van der Waals surface area (Å²) in [5.41, 5.74) is 1.05. The Labute approximate surface area is 103 Å². The number of aliphatic hydroxyl groups is 1. The third-order valence-corrected chi connectivity index (χ3v) is 2.34. The maximum absolute atomic E-state index is 10.8. The number of aliphatic hydroxyl groups excluding tert-OH is 1. The van der Waals surface area contributed by atoms with Gasteiger partial charge in [-0.05, 0) is 6.07 Å². The largest absolute Gasteiger partial charge is 0.394 e. The molecule has 0 spiro atoms. The van der Waals surface area contributed by atoms with Crippen LogP contribution < -0.4 is 5.32 Å². The van der Waals surface area contributed by atoms with Crippen molar-refractivity contribution in [3.8, 4) is 0 Å². The van der Waals surface area contributed by atoms with Gasteiger partial charge < -0.3 is 10.4 Å². The van der Waals surface area contributed by atoms with Gasteiger partial charge in [0.1, 0.15) is 5.69 Å². The summed E-state index contributed by atoms with van der Waals surface area (Å²) in [6.45, 7) is 0.380. The molecule has 0 radical (unpaired) electrons. The van der Waals surface area contributed by atoms with E-state index in [1.807, 2.05) is 0 Å². The Hall–Kier alpha value is -2.41. The minimum absolute atomic E-state index is 0.00686. The van der Waals surface area contributed by atoms with Crippen molar-refractivity contribution < 1.29 is 10.0 Å². The third-order valence-electron chi connectivity index (χ3n) is 2.34. The molecule has 7 heteroatoms. The van der Waals surface area contributed by atoms with Crippen LogP contribution in [0.3, 0.4) is 0 Å². The SMILES string of the molecule is O=[N+]([O-])c1ccccc1Nc1cnn(CCO)c1. The van der Waals surface area contributed by atoms with Gasteiger partial charge in [-0.3, -0.25) is 14.8 Å². The van der Waals surface area contributed by atoms with E-state index in [4.69, 9.17) is 5.11 Å². The Bertz CT molecular complexity index is 553. The molecule has 94 valence electrons. The van der Waals surface area contributed by atoms with Crippen molar-refractivity contribution in [1.29, 1.82) is 0 Å². The van der Waals surface area contributed by atoms with E-state index in [-0.39, 0.29) is 12.3 Å². The highest BCUT2D eigenvalue weighted by Gasteiger charge is 2.12. The molecule has 2 rings (SSSR count). The monoisotopic (exact) mass is 248 g/mol. The van der Waals surface area contributed by atoms with Crippen molar-refractivity contribution >= 4 is 17.1 Å². The number of nitrogens with one attached hydrogen (secondary N) is 1. The second kappa shape index (κ2) is 5.28. The molecule has 7 nitrogen and oxygen atoms in total. The van der Waals surface area contributed by atoms with E-state index in [0.29, 0.717) is 17.9 Å². The van der Waals surface area contributed by atoms with E-state index in [2.05, 4.69) is 10.4 Å². The van der Waals surface area contributed by atoms with Gasteiger partial charge in [-0.15, -0.1) is 0 Å². The number of nitrogens with zero attached hydrogens (tertiary/aromatic N) is 3. The predicted octanol–water partition coefficient (Wildman–Crippen LogP) is 1.53. The number of nitro benzene ring substituents is 1. The quantitative estimate of drug-likeness (QED) is 0.618.